The monoisotopic (exact) mass is 435 g/mol. The lowest BCUT2D eigenvalue weighted by Gasteiger charge is -2.24. The lowest BCUT2D eigenvalue weighted by Crippen LogP contribution is -2.42. The molecule has 2 aromatic heterocycles. The van der Waals surface area contributed by atoms with Crippen molar-refractivity contribution in [2.45, 2.75) is 46.0 Å². The van der Waals surface area contributed by atoms with Crippen molar-refractivity contribution in [2.75, 3.05) is 37.6 Å². The van der Waals surface area contributed by atoms with Crippen molar-refractivity contribution in [1.82, 2.24) is 30.0 Å². The number of hydrogen-bond donors (Lipinski definition) is 1. The van der Waals surface area contributed by atoms with Crippen LogP contribution in [0.25, 0.3) is 16.7 Å². The van der Waals surface area contributed by atoms with E-state index in [1.807, 2.05) is 46.1 Å². The summed E-state index contributed by atoms with van der Waals surface area (Å²) in [6.45, 7) is 8.05. The molecule has 0 radical (unpaired) electrons. The Morgan fingerprint density at radius 2 is 1.88 bits per heavy atom. The van der Waals surface area contributed by atoms with Crippen LogP contribution in [-0.2, 0) is 6.42 Å². The third kappa shape index (κ3) is 4.84. The van der Waals surface area contributed by atoms with Crippen LogP contribution in [0.2, 0.25) is 0 Å². The molecule has 0 bridgehead atoms. The number of carbonyl (C=O) groups excluding carboxylic acids is 1. The van der Waals surface area contributed by atoms with Gasteiger partial charge in [-0.2, -0.15) is 5.10 Å². The molecular weight excluding hydrogens is 402 g/mol. The van der Waals surface area contributed by atoms with Crippen LogP contribution >= 0.6 is 0 Å². The van der Waals surface area contributed by atoms with Crippen molar-refractivity contribution in [3.63, 3.8) is 0 Å². The van der Waals surface area contributed by atoms with Crippen molar-refractivity contribution in [1.29, 1.82) is 0 Å². The number of para-hydroxylation sites is 1. The fraction of sp³-hybridized carbons (Fsp3) is 0.500. The molecule has 32 heavy (non-hydrogen) atoms. The van der Waals surface area contributed by atoms with Gasteiger partial charge in [0, 0.05) is 39.1 Å². The third-order valence-electron chi connectivity index (χ3n) is 5.82. The third-order valence-corrected chi connectivity index (χ3v) is 5.82. The van der Waals surface area contributed by atoms with E-state index in [1.54, 1.807) is 0 Å². The van der Waals surface area contributed by atoms with Crippen molar-refractivity contribution in [3.8, 4) is 5.69 Å². The first-order valence-corrected chi connectivity index (χ1v) is 11.8. The molecule has 4 rings (SSSR count). The van der Waals surface area contributed by atoms with Crippen molar-refractivity contribution in [2.24, 2.45) is 0 Å². The largest absolute Gasteiger partial charge is 0.354 e. The molecule has 8 heteroatoms. The van der Waals surface area contributed by atoms with Crippen LogP contribution in [0.5, 0.6) is 0 Å². The Kier molecular flexibility index (Phi) is 7.19. The number of aromatic nitrogens is 4. The normalized spacial score (nSPS) is 14.6. The Labute approximate surface area is 189 Å². The van der Waals surface area contributed by atoms with Gasteiger partial charge >= 0.3 is 6.03 Å². The number of anilines is 1. The first-order valence-electron chi connectivity index (χ1n) is 11.8. The maximum atomic E-state index is 12.5. The van der Waals surface area contributed by atoms with Crippen LogP contribution in [0.3, 0.4) is 0 Å². The number of benzene rings is 1. The number of unbranched alkanes of at least 4 members (excludes halogenated alkanes) is 1. The summed E-state index contributed by atoms with van der Waals surface area (Å²) in [6.07, 6.45) is 6.67. The molecule has 0 saturated carbocycles. The molecule has 0 aliphatic carbocycles. The zero-order valence-corrected chi connectivity index (χ0v) is 19.1. The molecule has 1 aliphatic rings. The lowest BCUT2D eigenvalue weighted by molar-refractivity contribution is 0.201. The molecule has 1 N–H and O–H groups in total. The molecule has 0 spiro atoms. The van der Waals surface area contributed by atoms with E-state index in [1.165, 1.54) is 0 Å². The van der Waals surface area contributed by atoms with E-state index in [2.05, 4.69) is 29.2 Å². The molecule has 8 nitrogen and oxygen atoms in total. The average Bonchev–Trinajstić information content (AvgIpc) is 3.08. The summed E-state index contributed by atoms with van der Waals surface area (Å²) < 4.78 is 1.89. The highest BCUT2D eigenvalue weighted by Crippen LogP contribution is 2.27. The van der Waals surface area contributed by atoms with Gasteiger partial charge in [0.05, 0.1) is 17.3 Å². The summed E-state index contributed by atoms with van der Waals surface area (Å²) in [4.78, 5) is 26.5. The van der Waals surface area contributed by atoms with Gasteiger partial charge in [-0.25, -0.2) is 19.4 Å². The van der Waals surface area contributed by atoms with Crippen molar-refractivity contribution < 1.29 is 4.79 Å². The number of carbonyl (C=O) groups is 1. The smallest absolute Gasteiger partial charge is 0.317 e. The summed E-state index contributed by atoms with van der Waals surface area (Å²) in [7, 11) is 0. The Morgan fingerprint density at radius 1 is 1.03 bits per heavy atom. The first-order chi connectivity index (χ1) is 15.7. The summed E-state index contributed by atoms with van der Waals surface area (Å²) in [5, 5.41) is 8.64. The number of aryl methyl sites for hydroxylation is 1. The number of nitrogens with one attached hydrogen (secondary N) is 1. The molecular formula is C24H33N7O. The molecule has 1 aromatic carbocycles. The molecule has 3 heterocycles. The van der Waals surface area contributed by atoms with Gasteiger partial charge in [-0.15, -0.1) is 0 Å². The van der Waals surface area contributed by atoms with E-state index in [4.69, 9.17) is 9.97 Å². The van der Waals surface area contributed by atoms with E-state index in [9.17, 15) is 4.79 Å². The standard InChI is InChI=1S/C24H33N7O/c1-3-5-13-25-24(32)30-15-9-14-29(16-17-30)22-20-18-26-31(19-11-7-6-8-12-19)23(20)28-21(27-22)10-4-2/h6-8,11-12,18H,3-5,9-10,13-17H2,1-2H3,(H,25,32). The summed E-state index contributed by atoms with van der Waals surface area (Å²) in [5.74, 6) is 1.76. The molecule has 0 atom stereocenters. The van der Waals surface area contributed by atoms with E-state index in [-0.39, 0.29) is 6.03 Å². The topological polar surface area (TPSA) is 79.2 Å². The molecule has 3 aromatic rings. The molecule has 2 amide bonds. The van der Waals surface area contributed by atoms with Gasteiger partial charge in [0.15, 0.2) is 5.65 Å². The Hall–Kier alpha value is -3.16. The summed E-state index contributed by atoms with van der Waals surface area (Å²) in [5.41, 5.74) is 1.82. The predicted octanol–water partition coefficient (Wildman–Crippen LogP) is 3.79. The first kappa shape index (κ1) is 22.0. The van der Waals surface area contributed by atoms with Gasteiger partial charge in [-0.1, -0.05) is 38.5 Å². The van der Waals surface area contributed by atoms with Crippen LogP contribution in [0.1, 0.15) is 45.4 Å². The molecule has 170 valence electrons. The Balaban J connectivity index is 1.61. The van der Waals surface area contributed by atoms with Crippen LogP contribution in [0, 0.1) is 0 Å². The number of hydrogen-bond acceptors (Lipinski definition) is 5. The van der Waals surface area contributed by atoms with Gasteiger partial charge in [0.25, 0.3) is 0 Å². The average molecular weight is 436 g/mol. The molecule has 1 saturated heterocycles. The van der Waals surface area contributed by atoms with Gasteiger partial charge in [-0.3, -0.25) is 0 Å². The highest BCUT2D eigenvalue weighted by molar-refractivity contribution is 5.88. The van der Waals surface area contributed by atoms with Gasteiger partial charge in [-0.05, 0) is 31.4 Å². The van der Waals surface area contributed by atoms with Gasteiger partial charge in [0.1, 0.15) is 11.6 Å². The minimum absolute atomic E-state index is 0.0386. The number of fused-ring (bicyclic) bond motifs is 1. The van der Waals surface area contributed by atoms with E-state index >= 15 is 0 Å². The second-order valence-electron chi connectivity index (χ2n) is 8.26. The van der Waals surface area contributed by atoms with Crippen LogP contribution in [0.15, 0.2) is 36.5 Å². The molecule has 1 fully saturated rings. The summed E-state index contributed by atoms with van der Waals surface area (Å²) in [6, 6.07) is 10.1. The van der Waals surface area contributed by atoms with Gasteiger partial charge < -0.3 is 15.1 Å². The fourth-order valence-electron chi connectivity index (χ4n) is 4.09. The van der Waals surface area contributed by atoms with Crippen LogP contribution < -0.4 is 10.2 Å². The SMILES string of the molecule is CCCCNC(=O)N1CCCN(c2nc(CCC)nc3c2cnn3-c2ccccc2)CC1. The predicted molar refractivity (Wildman–Crippen MR) is 127 cm³/mol. The lowest BCUT2D eigenvalue weighted by atomic mass is 10.2. The highest BCUT2D eigenvalue weighted by Gasteiger charge is 2.23. The van der Waals surface area contributed by atoms with Crippen molar-refractivity contribution in [3.05, 3.63) is 42.4 Å². The van der Waals surface area contributed by atoms with E-state index in [0.717, 1.165) is 86.6 Å². The van der Waals surface area contributed by atoms with Crippen molar-refractivity contribution >= 4 is 22.9 Å². The second-order valence-corrected chi connectivity index (χ2v) is 8.26. The molecule has 0 unspecified atom stereocenters. The Morgan fingerprint density at radius 3 is 2.66 bits per heavy atom. The zero-order chi connectivity index (χ0) is 22.3. The van der Waals surface area contributed by atoms with E-state index in [0.29, 0.717) is 6.54 Å². The maximum Gasteiger partial charge on any atom is 0.317 e. The van der Waals surface area contributed by atoms with Crippen LogP contribution in [-0.4, -0.2) is 63.4 Å². The minimum atomic E-state index is 0.0386. The van der Waals surface area contributed by atoms with Gasteiger partial charge in [0.2, 0.25) is 0 Å². The molecule has 1 aliphatic heterocycles. The Bertz CT molecular complexity index is 1030. The number of amides is 2. The summed E-state index contributed by atoms with van der Waals surface area (Å²) >= 11 is 0. The van der Waals surface area contributed by atoms with E-state index < -0.39 is 0 Å². The minimum Gasteiger partial charge on any atom is -0.354 e. The number of urea groups is 1. The quantitative estimate of drug-likeness (QED) is 0.571. The van der Waals surface area contributed by atoms with Crippen LogP contribution in [0.4, 0.5) is 10.6 Å². The number of nitrogens with zero attached hydrogens (tertiary/aromatic N) is 6. The fourth-order valence-corrected chi connectivity index (χ4v) is 4.09. The number of rotatable bonds is 7. The highest BCUT2D eigenvalue weighted by atomic mass is 16.2. The zero-order valence-electron chi connectivity index (χ0n) is 19.1. The maximum absolute atomic E-state index is 12.5. The second kappa shape index (κ2) is 10.4.